The molecule has 6 nitrogen and oxygen atoms in total. The topological polar surface area (TPSA) is 67.0 Å². The number of ether oxygens (including phenoxy) is 1. The van der Waals surface area contributed by atoms with E-state index in [9.17, 15) is 5.26 Å². The highest BCUT2D eigenvalue weighted by atomic mass is 16.5. The zero-order chi connectivity index (χ0) is 18.4. The number of anilines is 1. The van der Waals surface area contributed by atoms with Crippen LogP contribution >= 0.6 is 0 Å². The van der Waals surface area contributed by atoms with Gasteiger partial charge < -0.3 is 9.64 Å². The monoisotopic (exact) mass is 302 g/mol. The molecule has 0 N–H and O–H groups in total. The standard InChI is InChI=1S/C16H21N5O/c1-11-9-22-6-5-21(11)14-7-12(16(2,3)10-17)15-13(19-14)8-18-20(15)4/h7-8,11H,5-6,9H2,1-4H3/t11-/m1/s1/i4D3. The highest BCUT2D eigenvalue weighted by Crippen LogP contribution is 2.32. The van der Waals surface area contributed by atoms with Gasteiger partial charge in [-0.15, -0.1) is 0 Å². The SMILES string of the molecule is [2H]C([2H])([2H])n1ncc2nc(N3CCOC[C@H]3C)cc(C(C)(C)C#N)c21. The maximum atomic E-state index is 9.62. The van der Waals surface area contributed by atoms with Gasteiger partial charge in [-0.25, -0.2) is 4.98 Å². The third-order valence-electron chi connectivity index (χ3n) is 4.13. The first-order valence-electron chi connectivity index (χ1n) is 8.80. The fraction of sp³-hybridized carbons (Fsp3) is 0.562. The number of nitriles is 1. The molecular formula is C16H21N5O. The third kappa shape index (κ3) is 2.32. The lowest BCUT2D eigenvalue weighted by Gasteiger charge is -2.35. The van der Waals surface area contributed by atoms with Gasteiger partial charge in [0, 0.05) is 23.2 Å². The number of nitrogens with zero attached hydrogens (tertiary/aromatic N) is 5. The average molecular weight is 302 g/mol. The van der Waals surface area contributed by atoms with Crippen LogP contribution in [0.3, 0.4) is 0 Å². The van der Waals surface area contributed by atoms with E-state index in [0.29, 0.717) is 42.2 Å². The third-order valence-corrected chi connectivity index (χ3v) is 4.13. The van der Waals surface area contributed by atoms with Gasteiger partial charge in [-0.3, -0.25) is 4.68 Å². The summed E-state index contributed by atoms with van der Waals surface area (Å²) < 4.78 is 29.6. The first-order chi connectivity index (χ1) is 11.6. The molecule has 0 radical (unpaired) electrons. The number of pyridine rings is 1. The molecule has 0 aromatic carbocycles. The summed E-state index contributed by atoms with van der Waals surface area (Å²) in [5.74, 6) is 0.715. The normalized spacial score (nSPS) is 22.0. The van der Waals surface area contributed by atoms with Crippen LogP contribution in [0.1, 0.15) is 30.4 Å². The molecule has 3 heterocycles. The van der Waals surface area contributed by atoms with Gasteiger partial charge in [-0.1, -0.05) is 0 Å². The molecule has 1 aliphatic rings. The Morgan fingerprint density at radius 2 is 2.36 bits per heavy atom. The lowest BCUT2D eigenvalue weighted by Crippen LogP contribution is -2.44. The molecule has 1 saturated heterocycles. The van der Waals surface area contributed by atoms with E-state index in [1.165, 1.54) is 6.20 Å². The molecule has 0 aliphatic carbocycles. The maximum Gasteiger partial charge on any atom is 0.130 e. The second-order valence-electron chi connectivity index (χ2n) is 6.17. The molecule has 3 rings (SSSR count). The van der Waals surface area contributed by atoms with Crippen molar-refractivity contribution in [3.05, 3.63) is 17.8 Å². The van der Waals surface area contributed by atoms with Crippen LogP contribution in [-0.2, 0) is 17.1 Å². The molecule has 0 saturated carbocycles. The van der Waals surface area contributed by atoms with Gasteiger partial charge in [0.1, 0.15) is 11.3 Å². The predicted octanol–water partition coefficient (Wildman–Crippen LogP) is 1.99. The first-order valence-corrected chi connectivity index (χ1v) is 7.30. The zero-order valence-electron chi connectivity index (χ0n) is 16.0. The van der Waals surface area contributed by atoms with E-state index in [2.05, 4.69) is 21.1 Å². The lowest BCUT2D eigenvalue weighted by molar-refractivity contribution is 0.0985. The van der Waals surface area contributed by atoms with Crippen molar-refractivity contribution in [2.45, 2.75) is 32.2 Å². The molecule has 0 spiro atoms. The number of fused-ring (bicyclic) bond motifs is 1. The molecular weight excluding hydrogens is 278 g/mol. The Morgan fingerprint density at radius 3 is 3.05 bits per heavy atom. The summed E-state index contributed by atoms with van der Waals surface area (Å²) >= 11 is 0. The molecule has 2 aromatic rings. The molecule has 1 fully saturated rings. The van der Waals surface area contributed by atoms with Gasteiger partial charge in [0.15, 0.2) is 0 Å². The van der Waals surface area contributed by atoms with E-state index in [-0.39, 0.29) is 6.04 Å². The van der Waals surface area contributed by atoms with Crippen LogP contribution in [-0.4, -0.2) is 40.6 Å². The van der Waals surface area contributed by atoms with Crippen molar-refractivity contribution in [2.75, 3.05) is 24.7 Å². The van der Waals surface area contributed by atoms with Crippen molar-refractivity contribution in [1.82, 2.24) is 14.8 Å². The summed E-state index contributed by atoms with van der Waals surface area (Å²) in [5, 5.41) is 13.6. The van der Waals surface area contributed by atoms with Crippen molar-refractivity contribution in [3.63, 3.8) is 0 Å². The van der Waals surface area contributed by atoms with E-state index in [1.54, 1.807) is 13.8 Å². The minimum atomic E-state index is -2.43. The summed E-state index contributed by atoms with van der Waals surface area (Å²) in [6.45, 7) is 5.06. The molecule has 22 heavy (non-hydrogen) atoms. The van der Waals surface area contributed by atoms with Crippen molar-refractivity contribution in [2.24, 2.45) is 6.98 Å². The predicted molar refractivity (Wildman–Crippen MR) is 84.8 cm³/mol. The van der Waals surface area contributed by atoms with Crippen LogP contribution in [0.5, 0.6) is 0 Å². The van der Waals surface area contributed by atoms with Crippen LogP contribution in [0.25, 0.3) is 11.0 Å². The minimum Gasteiger partial charge on any atom is -0.377 e. The van der Waals surface area contributed by atoms with E-state index < -0.39 is 12.4 Å². The molecule has 0 bridgehead atoms. The van der Waals surface area contributed by atoms with Crippen LogP contribution < -0.4 is 4.90 Å². The van der Waals surface area contributed by atoms with Gasteiger partial charge in [0.25, 0.3) is 0 Å². The molecule has 0 amide bonds. The van der Waals surface area contributed by atoms with Crippen molar-refractivity contribution < 1.29 is 8.85 Å². The number of aryl methyl sites for hydroxylation is 1. The van der Waals surface area contributed by atoms with Crippen LogP contribution in [0.4, 0.5) is 5.82 Å². The molecule has 116 valence electrons. The minimum absolute atomic E-state index is 0.148. The molecule has 1 aliphatic heterocycles. The molecule has 0 unspecified atom stereocenters. The summed E-state index contributed by atoms with van der Waals surface area (Å²) in [4.78, 5) is 6.74. The Hall–Kier alpha value is -2.13. The van der Waals surface area contributed by atoms with E-state index in [0.717, 1.165) is 4.68 Å². The van der Waals surface area contributed by atoms with Crippen LogP contribution in [0.2, 0.25) is 0 Å². The Labute approximate surface area is 134 Å². The lowest BCUT2D eigenvalue weighted by atomic mass is 9.85. The molecule has 6 heteroatoms. The second kappa shape index (κ2) is 5.25. The quantitative estimate of drug-likeness (QED) is 0.848. The Kier molecular flexibility index (Phi) is 2.73. The first kappa shape index (κ1) is 11.4. The van der Waals surface area contributed by atoms with Gasteiger partial charge in [-0.2, -0.15) is 10.4 Å². The van der Waals surface area contributed by atoms with E-state index >= 15 is 0 Å². The van der Waals surface area contributed by atoms with Crippen molar-refractivity contribution in [3.8, 4) is 6.07 Å². The summed E-state index contributed by atoms with van der Waals surface area (Å²) in [5.41, 5.74) is 0.596. The maximum absolute atomic E-state index is 9.62. The Morgan fingerprint density at radius 1 is 1.55 bits per heavy atom. The van der Waals surface area contributed by atoms with Gasteiger partial charge in [0.05, 0.1) is 42.5 Å². The van der Waals surface area contributed by atoms with E-state index in [1.807, 2.05) is 13.0 Å². The zero-order valence-corrected chi connectivity index (χ0v) is 13.0. The number of rotatable bonds is 2. The number of hydrogen-bond acceptors (Lipinski definition) is 5. The summed E-state index contributed by atoms with van der Waals surface area (Å²) in [6.07, 6.45) is 1.45. The van der Waals surface area contributed by atoms with Gasteiger partial charge in [0.2, 0.25) is 0 Å². The smallest absolute Gasteiger partial charge is 0.130 e. The van der Waals surface area contributed by atoms with E-state index in [4.69, 9.17) is 8.85 Å². The number of hydrogen-bond donors (Lipinski definition) is 0. The fourth-order valence-electron chi connectivity index (χ4n) is 2.78. The van der Waals surface area contributed by atoms with Gasteiger partial charge >= 0.3 is 0 Å². The average Bonchev–Trinajstić information content (AvgIpc) is 2.98. The van der Waals surface area contributed by atoms with Crippen LogP contribution in [0, 0.1) is 11.3 Å². The Balaban J connectivity index is 2.26. The summed E-state index contributed by atoms with van der Waals surface area (Å²) in [7, 11) is 0. The largest absolute Gasteiger partial charge is 0.377 e. The highest BCUT2D eigenvalue weighted by Gasteiger charge is 2.28. The highest BCUT2D eigenvalue weighted by molar-refractivity contribution is 5.82. The molecule has 1 atom stereocenters. The van der Waals surface area contributed by atoms with Crippen molar-refractivity contribution >= 4 is 16.9 Å². The second-order valence-corrected chi connectivity index (χ2v) is 6.17. The van der Waals surface area contributed by atoms with Crippen LogP contribution in [0.15, 0.2) is 12.3 Å². The van der Waals surface area contributed by atoms with Gasteiger partial charge in [-0.05, 0) is 26.8 Å². The Bertz CT molecular complexity index is 837. The van der Waals surface area contributed by atoms with Crippen molar-refractivity contribution in [1.29, 1.82) is 5.26 Å². The number of morpholine rings is 1. The number of aromatic nitrogens is 3. The summed E-state index contributed by atoms with van der Waals surface area (Å²) in [6, 6.07) is 4.23. The molecule has 2 aromatic heterocycles. The fourth-order valence-corrected chi connectivity index (χ4v) is 2.78.